The summed E-state index contributed by atoms with van der Waals surface area (Å²) >= 11 is 0. The van der Waals surface area contributed by atoms with E-state index < -0.39 is 12.0 Å². The monoisotopic (exact) mass is 241 g/mol. The molecule has 0 spiro atoms. The highest BCUT2D eigenvalue weighted by molar-refractivity contribution is 5.73. The zero-order valence-corrected chi connectivity index (χ0v) is 9.98. The van der Waals surface area contributed by atoms with Crippen LogP contribution in [0, 0.1) is 0 Å². The molecule has 17 heavy (non-hydrogen) atoms. The molecule has 0 saturated heterocycles. The number of benzene rings is 1. The third kappa shape index (κ3) is 2.59. The van der Waals surface area contributed by atoms with Crippen LogP contribution in [-0.4, -0.2) is 27.3 Å². The van der Waals surface area contributed by atoms with Crippen LogP contribution in [0.1, 0.15) is 11.6 Å². The average Bonchev–Trinajstić information content (AvgIpc) is 2.35. The smallest absolute Gasteiger partial charge is 0.164 e. The zero-order chi connectivity index (χ0) is 13.0. The van der Waals surface area contributed by atoms with Crippen LogP contribution < -0.4 is 25.1 Å². The summed E-state index contributed by atoms with van der Waals surface area (Å²) in [4.78, 5) is 10.8. The van der Waals surface area contributed by atoms with Crippen LogP contribution >= 0.6 is 0 Å². The van der Waals surface area contributed by atoms with Crippen molar-refractivity contribution < 1.29 is 29.8 Å². The molecule has 0 bridgehead atoms. The number of carbonyl (C=O) groups is 1. The van der Waals surface area contributed by atoms with Crippen molar-refractivity contribution >= 4 is 5.97 Å². The maximum Gasteiger partial charge on any atom is 0.164 e. The van der Waals surface area contributed by atoms with E-state index in [2.05, 4.69) is 5.73 Å². The van der Waals surface area contributed by atoms with Crippen LogP contribution in [0.25, 0.3) is 0 Å². The van der Waals surface area contributed by atoms with Gasteiger partial charge in [-0.1, -0.05) is 0 Å². The Hall–Kier alpha value is -1.95. The summed E-state index contributed by atoms with van der Waals surface area (Å²) in [6.07, 6.45) is 0. The molecule has 94 valence electrons. The van der Waals surface area contributed by atoms with Crippen molar-refractivity contribution in [2.24, 2.45) is 0 Å². The Bertz CT molecular complexity index is 419. The van der Waals surface area contributed by atoms with Crippen LogP contribution in [0.3, 0.4) is 0 Å². The van der Waals surface area contributed by atoms with Gasteiger partial charge in [0, 0.05) is 6.07 Å². The first kappa shape index (κ1) is 13.1. The highest BCUT2D eigenvalue weighted by atomic mass is 16.5. The fourth-order valence-corrected chi connectivity index (χ4v) is 1.45. The van der Waals surface area contributed by atoms with Gasteiger partial charge >= 0.3 is 0 Å². The lowest BCUT2D eigenvalue weighted by atomic mass is 10.1. The molecular formula is C11H15NO5. The van der Waals surface area contributed by atoms with Crippen LogP contribution in [0.2, 0.25) is 0 Å². The van der Waals surface area contributed by atoms with Gasteiger partial charge in [-0.05, 0) is 6.07 Å². The molecule has 1 atom stereocenters. The summed E-state index contributed by atoms with van der Waals surface area (Å²) in [5, 5.41) is 10.8. The van der Waals surface area contributed by atoms with E-state index in [9.17, 15) is 9.90 Å². The lowest BCUT2D eigenvalue weighted by Gasteiger charge is -2.17. The molecule has 6 heteroatoms. The normalized spacial score (nSPS) is 11.8. The number of carboxylic acids is 1. The fraction of sp³-hybridized carbons (Fsp3) is 0.364. The Labute approximate surface area is 98.9 Å². The quantitative estimate of drug-likeness (QED) is 0.694. The predicted octanol–water partition coefficient (Wildman–Crippen LogP) is -1.25. The van der Waals surface area contributed by atoms with Crippen molar-refractivity contribution in [3.8, 4) is 17.2 Å². The van der Waals surface area contributed by atoms with Gasteiger partial charge in [-0.2, -0.15) is 0 Å². The molecular weight excluding hydrogens is 226 g/mol. The molecule has 0 fully saturated rings. The van der Waals surface area contributed by atoms with E-state index in [1.165, 1.54) is 27.4 Å². The summed E-state index contributed by atoms with van der Waals surface area (Å²) in [6.45, 7) is 0. The summed E-state index contributed by atoms with van der Waals surface area (Å²) in [7, 11) is 4.38. The van der Waals surface area contributed by atoms with Crippen molar-refractivity contribution in [3.63, 3.8) is 0 Å². The second-order valence-corrected chi connectivity index (χ2v) is 3.32. The molecule has 1 rings (SSSR count). The molecule has 0 saturated carbocycles. The van der Waals surface area contributed by atoms with Crippen molar-refractivity contribution in [3.05, 3.63) is 17.7 Å². The first-order valence-electron chi connectivity index (χ1n) is 4.89. The van der Waals surface area contributed by atoms with Gasteiger partial charge in [0.2, 0.25) is 0 Å². The number of carboxylic acid groups (broad SMARTS) is 1. The molecule has 0 aliphatic rings. The summed E-state index contributed by atoms with van der Waals surface area (Å²) in [5.41, 5.74) is 3.89. The molecule has 0 aliphatic carbocycles. The Morgan fingerprint density at radius 3 is 2.00 bits per heavy atom. The number of hydrogen-bond donors (Lipinski definition) is 1. The third-order valence-corrected chi connectivity index (χ3v) is 2.40. The minimum atomic E-state index is -1.28. The molecule has 0 amide bonds. The van der Waals surface area contributed by atoms with Crippen LogP contribution in [-0.2, 0) is 4.79 Å². The summed E-state index contributed by atoms with van der Waals surface area (Å²) in [5.74, 6) is -0.0424. The Morgan fingerprint density at radius 2 is 1.59 bits per heavy atom. The van der Waals surface area contributed by atoms with Crippen molar-refractivity contribution in [2.45, 2.75) is 6.04 Å². The number of aliphatic carboxylic acids is 1. The highest BCUT2D eigenvalue weighted by Gasteiger charge is 2.20. The molecule has 0 aromatic heterocycles. The van der Waals surface area contributed by atoms with Gasteiger partial charge in [0.05, 0.1) is 26.9 Å². The topological polar surface area (TPSA) is 95.5 Å². The average molecular weight is 241 g/mol. The van der Waals surface area contributed by atoms with Crippen molar-refractivity contribution in [2.75, 3.05) is 21.3 Å². The fourth-order valence-electron chi connectivity index (χ4n) is 1.45. The number of rotatable bonds is 5. The van der Waals surface area contributed by atoms with E-state index in [0.29, 0.717) is 22.8 Å². The van der Waals surface area contributed by atoms with E-state index in [0.717, 1.165) is 0 Å². The third-order valence-electron chi connectivity index (χ3n) is 2.40. The van der Waals surface area contributed by atoms with Crippen molar-refractivity contribution in [1.29, 1.82) is 0 Å². The number of carbonyl (C=O) groups excluding carboxylic acids is 1. The first-order chi connectivity index (χ1) is 8.04. The molecule has 0 radical (unpaired) electrons. The maximum atomic E-state index is 10.8. The second-order valence-electron chi connectivity index (χ2n) is 3.32. The Morgan fingerprint density at radius 1 is 1.12 bits per heavy atom. The maximum absolute atomic E-state index is 10.8. The SMILES string of the molecule is COc1cc(OC)c([C@H]([NH3+])C(=O)[O-])cc1OC. The van der Waals surface area contributed by atoms with Gasteiger partial charge in [0.25, 0.3) is 0 Å². The van der Waals surface area contributed by atoms with Gasteiger partial charge in [-0.15, -0.1) is 0 Å². The lowest BCUT2D eigenvalue weighted by Crippen LogP contribution is -2.61. The number of quaternary nitrogens is 1. The van der Waals surface area contributed by atoms with Crippen LogP contribution in [0.5, 0.6) is 17.2 Å². The van der Waals surface area contributed by atoms with E-state index >= 15 is 0 Å². The van der Waals surface area contributed by atoms with Gasteiger partial charge in [-0.3, -0.25) is 0 Å². The van der Waals surface area contributed by atoms with Gasteiger partial charge < -0.3 is 29.8 Å². The lowest BCUT2D eigenvalue weighted by molar-refractivity contribution is -0.443. The molecule has 1 aromatic rings. The van der Waals surface area contributed by atoms with E-state index in [1.807, 2.05) is 0 Å². The predicted molar refractivity (Wildman–Crippen MR) is 56.7 cm³/mol. The van der Waals surface area contributed by atoms with E-state index in [-0.39, 0.29) is 0 Å². The molecule has 0 unspecified atom stereocenters. The summed E-state index contributed by atoms with van der Waals surface area (Å²) < 4.78 is 15.3. The first-order valence-corrected chi connectivity index (χ1v) is 4.89. The number of hydrogen-bond acceptors (Lipinski definition) is 5. The highest BCUT2D eigenvalue weighted by Crippen LogP contribution is 2.36. The minimum absolute atomic E-state index is 0.367. The van der Waals surface area contributed by atoms with E-state index in [4.69, 9.17) is 14.2 Å². The largest absolute Gasteiger partial charge is 0.544 e. The van der Waals surface area contributed by atoms with Crippen LogP contribution in [0.15, 0.2) is 12.1 Å². The standard InChI is InChI=1S/C11H15NO5/c1-15-7-5-9(17-3)8(16-2)4-6(7)10(12)11(13)14/h4-5,10H,12H2,1-3H3,(H,13,14)/t10-/m0/s1. The van der Waals surface area contributed by atoms with Crippen LogP contribution in [0.4, 0.5) is 0 Å². The molecule has 6 nitrogen and oxygen atoms in total. The second kappa shape index (κ2) is 5.40. The zero-order valence-electron chi connectivity index (χ0n) is 9.98. The van der Waals surface area contributed by atoms with Gasteiger partial charge in [0.1, 0.15) is 11.7 Å². The van der Waals surface area contributed by atoms with Gasteiger partial charge in [-0.25, -0.2) is 0 Å². The number of methoxy groups -OCH3 is 3. The number of ether oxygens (including phenoxy) is 3. The molecule has 0 aliphatic heterocycles. The van der Waals surface area contributed by atoms with E-state index in [1.54, 1.807) is 6.07 Å². The Kier molecular flexibility index (Phi) is 4.17. The summed E-state index contributed by atoms with van der Waals surface area (Å²) in [6, 6.07) is 2.03. The van der Waals surface area contributed by atoms with Crippen molar-refractivity contribution in [1.82, 2.24) is 0 Å². The minimum Gasteiger partial charge on any atom is -0.544 e. The Balaban J connectivity index is 3.33. The molecule has 0 heterocycles. The molecule has 3 N–H and O–H groups in total. The van der Waals surface area contributed by atoms with Gasteiger partial charge in [0.15, 0.2) is 17.5 Å². The molecule has 1 aromatic carbocycles.